The molecular formula is C14H8BrN3O2S. The van der Waals surface area contributed by atoms with E-state index in [1.807, 2.05) is 11.4 Å². The Morgan fingerprint density at radius 2 is 2.24 bits per heavy atom. The van der Waals surface area contributed by atoms with Crippen LogP contribution in [0.1, 0.15) is 23.0 Å². The van der Waals surface area contributed by atoms with Crippen LogP contribution in [0.5, 0.6) is 0 Å². The number of aliphatic hydroxyl groups excluding tert-OH is 1. The van der Waals surface area contributed by atoms with E-state index in [0.717, 1.165) is 5.01 Å². The van der Waals surface area contributed by atoms with E-state index in [0.29, 0.717) is 27.1 Å². The summed E-state index contributed by atoms with van der Waals surface area (Å²) in [4.78, 5) is 4.14. The number of hydrogen-bond donors (Lipinski definition) is 1. The Morgan fingerprint density at radius 3 is 2.95 bits per heavy atom. The number of aliphatic hydroxyl groups is 1. The molecule has 1 unspecified atom stereocenters. The molecule has 0 saturated heterocycles. The third-order valence-electron chi connectivity index (χ3n) is 2.87. The maximum absolute atomic E-state index is 10.4. The number of hydrogen-bond acceptors (Lipinski definition) is 6. The Hall–Kier alpha value is -2.01. The summed E-state index contributed by atoms with van der Waals surface area (Å²) >= 11 is 4.80. The molecule has 0 bridgehead atoms. The zero-order valence-electron chi connectivity index (χ0n) is 10.5. The first kappa shape index (κ1) is 13.9. The van der Waals surface area contributed by atoms with E-state index in [4.69, 9.17) is 9.78 Å². The van der Waals surface area contributed by atoms with Crippen LogP contribution in [0.3, 0.4) is 0 Å². The lowest BCUT2D eigenvalue weighted by Crippen LogP contribution is -2.00. The van der Waals surface area contributed by atoms with E-state index >= 15 is 0 Å². The van der Waals surface area contributed by atoms with Crippen molar-refractivity contribution >= 4 is 27.3 Å². The second-order valence-electron chi connectivity index (χ2n) is 4.20. The number of aromatic nitrogens is 2. The summed E-state index contributed by atoms with van der Waals surface area (Å²) < 4.78 is 5.89. The van der Waals surface area contributed by atoms with Gasteiger partial charge in [-0.1, -0.05) is 21.1 Å². The fourth-order valence-electron chi connectivity index (χ4n) is 1.85. The number of thiazole rings is 1. The highest BCUT2D eigenvalue weighted by molar-refractivity contribution is 9.10. The van der Waals surface area contributed by atoms with Crippen LogP contribution in [0.4, 0.5) is 0 Å². The molecule has 0 fully saturated rings. The maximum atomic E-state index is 10.4. The predicted octanol–water partition coefficient (Wildman–Crippen LogP) is 3.51. The number of nitrogens with zero attached hydrogens (tertiary/aromatic N) is 3. The minimum atomic E-state index is -1.01. The first-order chi connectivity index (χ1) is 10.2. The highest BCUT2D eigenvalue weighted by Gasteiger charge is 2.20. The quantitative estimate of drug-likeness (QED) is 0.771. The van der Waals surface area contributed by atoms with Crippen LogP contribution in [0.25, 0.3) is 10.7 Å². The molecule has 0 aliphatic carbocycles. The fraction of sp³-hybridized carbons (Fsp3) is 0.0714. The monoisotopic (exact) mass is 361 g/mol. The lowest BCUT2D eigenvalue weighted by atomic mass is 10.0. The maximum Gasteiger partial charge on any atom is 0.170 e. The van der Waals surface area contributed by atoms with Crippen molar-refractivity contribution in [1.82, 2.24) is 10.1 Å². The lowest BCUT2D eigenvalue weighted by Gasteiger charge is -2.09. The third kappa shape index (κ3) is 2.74. The first-order valence-electron chi connectivity index (χ1n) is 5.93. The van der Waals surface area contributed by atoms with Crippen LogP contribution in [0.15, 0.2) is 44.8 Å². The number of halogens is 1. The average Bonchev–Trinajstić information content (AvgIpc) is 3.18. The molecule has 1 atom stereocenters. The summed E-state index contributed by atoms with van der Waals surface area (Å²) in [7, 11) is 0. The van der Waals surface area contributed by atoms with Gasteiger partial charge < -0.3 is 9.63 Å². The van der Waals surface area contributed by atoms with Crippen LogP contribution in [-0.2, 0) is 0 Å². The van der Waals surface area contributed by atoms with Gasteiger partial charge in [0.05, 0.1) is 11.6 Å². The molecule has 1 aromatic carbocycles. The molecular weight excluding hydrogens is 354 g/mol. The summed E-state index contributed by atoms with van der Waals surface area (Å²) in [5, 5.41) is 25.8. The number of nitriles is 1. The van der Waals surface area contributed by atoms with Crippen molar-refractivity contribution in [2.75, 3.05) is 0 Å². The van der Waals surface area contributed by atoms with E-state index in [9.17, 15) is 5.11 Å². The Morgan fingerprint density at radius 1 is 1.38 bits per heavy atom. The van der Waals surface area contributed by atoms with Gasteiger partial charge in [-0.15, -0.1) is 11.3 Å². The van der Waals surface area contributed by atoms with Gasteiger partial charge in [0.25, 0.3) is 0 Å². The van der Waals surface area contributed by atoms with Gasteiger partial charge in [-0.2, -0.15) is 5.26 Å². The van der Waals surface area contributed by atoms with E-state index in [1.54, 1.807) is 30.5 Å². The molecule has 2 aromatic heterocycles. The molecule has 0 aliphatic heterocycles. The van der Waals surface area contributed by atoms with Gasteiger partial charge in [0, 0.05) is 27.7 Å². The summed E-state index contributed by atoms with van der Waals surface area (Å²) in [5.41, 5.74) is 1.59. The standard InChI is InChI=1S/C14H8BrN3O2S/c15-10-2-1-8(7-16)5-9(10)13(19)12-6-11(18-20-12)14-17-3-4-21-14/h1-6,13,19H. The van der Waals surface area contributed by atoms with Gasteiger partial charge in [-0.25, -0.2) is 4.98 Å². The van der Waals surface area contributed by atoms with Gasteiger partial charge in [0.1, 0.15) is 16.8 Å². The van der Waals surface area contributed by atoms with Crippen molar-refractivity contribution in [3.05, 3.63) is 57.2 Å². The van der Waals surface area contributed by atoms with Crippen LogP contribution in [-0.4, -0.2) is 15.2 Å². The normalized spacial score (nSPS) is 12.0. The highest BCUT2D eigenvalue weighted by Crippen LogP contribution is 2.31. The Bertz CT molecular complexity index is 808. The molecule has 3 rings (SSSR count). The van der Waals surface area contributed by atoms with Crippen molar-refractivity contribution in [1.29, 1.82) is 5.26 Å². The zero-order chi connectivity index (χ0) is 14.8. The van der Waals surface area contributed by atoms with Crippen LogP contribution >= 0.6 is 27.3 Å². The summed E-state index contributed by atoms with van der Waals surface area (Å²) in [5.74, 6) is 0.302. The third-order valence-corrected chi connectivity index (χ3v) is 4.39. The van der Waals surface area contributed by atoms with Crippen molar-refractivity contribution in [2.45, 2.75) is 6.10 Å². The van der Waals surface area contributed by atoms with Crippen molar-refractivity contribution in [2.24, 2.45) is 0 Å². The predicted molar refractivity (Wildman–Crippen MR) is 80.5 cm³/mol. The van der Waals surface area contributed by atoms with E-state index in [2.05, 4.69) is 26.1 Å². The molecule has 5 nitrogen and oxygen atoms in total. The van der Waals surface area contributed by atoms with E-state index in [-0.39, 0.29) is 0 Å². The Labute approximate surface area is 132 Å². The lowest BCUT2D eigenvalue weighted by molar-refractivity contribution is 0.176. The minimum Gasteiger partial charge on any atom is -0.380 e. The highest BCUT2D eigenvalue weighted by atomic mass is 79.9. The van der Waals surface area contributed by atoms with E-state index in [1.165, 1.54) is 11.3 Å². The van der Waals surface area contributed by atoms with Gasteiger partial charge in [0.15, 0.2) is 5.76 Å². The molecule has 0 spiro atoms. The van der Waals surface area contributed by atoms with Gasteiger partial charge >= 0.3 is 0 Å². The summed E-state index contributed by atoms with van der Waals surface area (Å²) in [6, 6.07) is 8.69. The second kappa shape index (κ2) is 5.77. The van der Waals surface area contributed by atoms with Gasteiger partial charge in [-0.3, -0.25) is 0 Å². The molecule has 7 heteroatoms. The first-order valence-corrected chi connectivity index (χ1v) is 7.60. The fourth-order valence-corrected chi connectivity index (χ4v) is 2.90. The molecule has 0 amide bonds. The molecule has 0 saturated carbocycles. The summed E-state index contributed by atoms with van der Waals surface area (Å²) in [6.45, 7) is 0. The molecule has 3 aromatic rings. The SMILES string of the molecule is N#Cc1ccc(Br)c(C(O)c2cc(-c3nccs3)no2)c1. The van der Waals surface area contributed by atoms with Crippen LogP contribution < -0.4 is 0 Å². The molecule has 21 heavy (non-hydrogen) atoms. The second-order valence-corrected chi connectivity index (χ2v) is 5.95. The Kier molecular flexibility index (Phi) is 3.84. The van der Waals surface area contributed by atoms with Gasteiger partial charge in [0.2, 0.25) is 0 Å². The van der Waals surface area contributed by atoms with Crippen molar-refractivity contribution < 1.29 is 9.63 Å². The minimum absolute atomic E-state index is 0.302. The number of benzene rings is 1. The molecule has 104 valence electrons. The molecule has 0 aliphatic rings. The molecule has 0 radical (unpaired) electrons. The Balaban J connectivity index is 1.96. The molecule has 1 N–H and O–H groups in total. The number of rotatable bonds is 3. The largest absolute Gasteiger partial charge is 0.380 e. The van der Waals surface area contributed by atoms with Gasteiger partial charge in [-0.05, 0) is 18.2 Å². The van der Waals surface area contributed by atoms with Crippen molar-refractivity contribution in [3.8, 4) is 16.8 Å². The van der Waals surface area contributed by atoms with Crippen molar-refractivity contribution in [3.63, 3.8) is 0 Å². The van der Waals surface area contributed by atoms with Crippen LogP contribution in [0.2, 0.25) is 0 Å². The average molecular weight is 362 g/mol. The smallest absolute Gasteiger partial charge is 0.170 e. The topological polar surface area (TPSA) is 82.9 Å². The van der Waals surface area contributed by atoms with E-state index < -0.39 is 6.10 Å². The van der Waals surface area contributed by atoms with Crippen LogP contribution in [0, 0.1) is 11.3 Å². The zero-order valence-corrected chi connectivity index (χ0v) is 12.9. The molecule has 2 heterocycles. The summed E-state index contributed by atoms with van der Waals surface area (Å²) in [6.07, 6.45) is 0.673.